The second-order valence-corrected chi connectivity index (χ2v) is 5.99. The van der Waals surface area contributed by atoms with Gasteiger partial charge in [-0.1, -0.05) is 18.2 Å². The number of halogens is 1. The highest BCUT2D eigenvalue weighted by atomic mass is 19.1. The van der Waals surface area contributed by atoms with Crippen molar-refractivity contribution in [1.29, 1.82) is 0 Å². The zero-order chi connectivity index (χ0) is 16.4. The van der Waals surface area contributed by atoms with Crippen molar-refractivity contribution in [2.75, 3.05) is 13.1 Å². The average Bonchev–Trinajstić information content (AvgIpc) is 3.27. The van der Waals surface area contributed by atoms with Crippen LogP contribution in [0.4, 0.5) is 4.39 Å². The molecule has 4 rings (SSSR count). The molecule has 3 heterocycles. The number of aromatic nitrogens is 3. The molecule has 0 bridgehead atoms. The number of hydrogen-bond acceptors (Lipinski definition) is 5. The van der Waals surface area contributed by atoms with Crippen LogP contribution in [0.15, 0.2) is 53.2 Å². The van der Waals surface area contributed by atoms with Crippen molar-refractivity contribution in [1.82, 2.24) is 20.1 Å². The topological polar surface area (TPSA) is 55.1 Å². The lowest BCUT2D eigenvalue weighted by Gasteiger charge is -2.15. The predicted molar refractivity (Wildman–Crippen MR) is 86.6 cm³/mol. The minimum atomic E-state index is -0.154. The lowest BCUT2D eigenvalue weighted by Crippen LogP contribution is -2.20. The molecule has 1 aliphatic heterocycles. The summed E-state index contributed by atoms with van der Waals surface area (Å²) >= 11 is 0. The van der Waals surface area contributed by atoms with Crippen LogP contribution < -0.4 is 0 Å². The van der Waals surface area contributed by atoms with Gasteiger partial charge in [0.2, 0.25) is 11.8 Å². The third kappa shape index (κ3) is 3.05. The Kier molecular flexibility index (Phi) is 4.04. The van der Waals surface area contributed by atoms with Gasteiger partial charge >= 0.3 is 0 Å². The van der Waals surface area contributed by atoms with E-state index in [2.05, 4.69) is 20.1 Å². The van der Waals surface area contributed by atoms with Crippen LogP contribution in [0.1, 0.15) is 23.8 Å². The lowest BCUT2D eigenvalue weighted by atomic mass is 10.1. The van der Waals surface area contributed by atoms with Gasteiger partial charge in [0, 0.05) is 36.6 Å². The molecule has 1 aromatic carbocycles. The van der Waals surface area contributed by atoms with E-state index in [1.807, 2.05) is 24.3 Å². The van der Waals surface area contributed by atoms with Crippen molar-refractivity contribution in [3.63, 3.8) is 0 Å². The van der Waals surface area contributed by atoms with Gasteiger partial charge in [-0.2, -0.15) is 0 Å². The van der Waals surface area contributed by atoms with Crippen LogP contribution in [0, 0.1) is 5.82 Å². The van der Waals surface area contributed by atoms with Gasteiger partial charge in [0.1, 0.15) is 5.82 Å². The van der Waals surface area contributed by atoms with Crippen LogP contribution in [-0.4, -0.2) is 33.2 Å². The van der Waals surface area contributed by atoms with Crippen molar-refractivity contribution in [3.05, 3.63) is 66.1 Å². The van der Waals surface area contributed by atoms with E-state index in [1.165, 1.54) is 6.07 Å². The highest BCUT2D eigenvalue weighted by molar-refractivity contribution is 5.50. The Balaban J connectivity index is 1.44. The summed E-state index contributed by atoms with van der Waals surface area (Å²) < 4.78 is 19.6. The molecule has 3 aromatic rings. The van der Waals surface area contributed by atoms with E-state index in [0.29, 0.717) is 18.3 Å². The minimum Gasteiger partial charge on any atom is -0.420 e. The molecule has 1 unspecified atom stereocenters. The van der Waals surface area contributed by atoms with Crippen molar-refractivity contribution >= 4 is 0 Å². The van der Waals surface area contributed by atoms with Gasteiger partial charge in [0.15, 0.2) is 0 Å². The van der Waals surface area contributed by atoms with Gasteiger partial charge in [-0.05, 0) is 31.2 Å². The number of rotatable bonds is 4. The fourth-order valence-corrected chi connectivity index (χ4v) is 3.06. The van der Waals surface area contributed by atoms with Crippen molar-refractivity contribution in [2.24, 2.45) is 0 Å². The molecule has 0 spiro atoms. The Hall–Kier alpha value is -2.60. The molecule has 0 N–H and O–H groups in total. The maximum Gasteiger partial charge on any atom is 0.247 e. The summed E-state index contributed by atoms with van der Waals surface area (Å²) in [5.74, 6) is 1.20. The second kappa shape index (κ2) is 6.49. The summed E-state index contributed by atoms with van der Waals surface area (Å²) in [5.41, 5.74) is 1.59. The number of nitrogens with zero attached hydrogens (tertiary/aromatic N) is 4. The molecule has 24 heavy (non-hydrogen) atoms. The Morgan fingerprint density at radius 2 is 1.96 bits per heavy atom. The highest BCUT2D eigenvalue weighted by Gasteiger charge is 2.28. The molecular formula is C18H17FN4O. The Labute approximate surface area is 139 Å². The van der Waals surface area contributed by atoms with Crippen LogP contribution in [0.3, 0.4) is 0 Å². The highest BCUT2D eigenvalue weighted by Crippen LogP contribution is 2.29. The van der Waals surface area contributed by atoms with Crippen LogP contribution >= 0.6 is 0 Å². The van der Waals surface area contributed by atoms with Gasteiger partial charge in [0.05, 0.1) is 5.92 Å². The van der Waals surface area contributed by atoms with Gasteiger partial charge in [-0.15, -0.1) is 10.2 Å². The third-order valence-electron chi connectivity index (χ3n) is 4.34. The van der Waals surface area contributed by atoms with Gasteiger partial charge in [-0.3, -0.25) is 9.88 Å². The third-order valence-corrected chi connectivity index (χ3v) is 4.34. The molecule has 1 aliphatic rings. The summed E-state index contributed by atoms with van der Waals surface area (Å²) in [4.78, 5) is 6.21. The largest absolute Gasteiger partial charge is 0.420 e. The Bertz CT molecular complexity index is 821. The molecular weight excluding hydrogens is 307 g/mol. The van der Waals surface area contributed by atoms with E-state index in [0.717, 1.165) is 30.6 Å². The number of hydrogen-bond donors (Lipinski definition) is 0. The molecule has 0 amide bonds. The molecule has 0 radical (unpaired) electrons. The van der Waals surface area contributed by atoms with Crippen LogP contribution in [-0.2, 0) is 6.54 Å². The Morgan fingerprint density at radius 1 is 1.12 bits per heavy atom. The van der Waals surface area contributed by atoms with Crippen LogP contribution in [0.25, 0.3) is 11.5 Å². The number of pyridine rings is 1. The first-order valence-corrected chi connectivity index (χ1v) is 7.99. The average molecular weight is 324 g/mol. The van der Waals surface area contributed by atoms with E-state index in [9.17, 15) is 4.39 Å². The number of likely N-dealkylation sites (tertiary alicyclic amines) is 1. The zero-order valence-corrected chi connectivity index (χ0v) is 13.1. The van der Waals surface area contributed by atoms with Crippen molar-refractivity contribution in [3.8, 4) is 11.5 Å². The maximum atomic E-state index is 13.8. The second-order valence-electron chi connectivity index (χ2n) is 5.99. The molecule has 5 nitrogen and oxygen atoms in total. The standard InChI is InChI=1S/C18H17FN4O/c19-16-4-2-1-3-14(16)11-23-10-7-15(12-23)18-22-21-17(24-18)13-5-8-20-9-6-13/h1-6,8-9,15H,7,10-12H2. The van der Waals surface area contributed by atoms with E-state index >= 15 is 0 Å². The van der Waals surface area contributed by atoms with Gasteiger partial charge < -0.3 is 4.42 Å². The molecule has 1 atom stereocenters. The summed E-state index contributed by atoms with van der Waals surface area (Å²) in [6.07, 6.45) is 4.34. The minimum absolute atomic E-state index is 0.154. The number of benzene rings is 1. The van der Waals surface area contributed by atoms with E-state index in [4.69, 9.17) is 4.42 Å². The lowest BCUT2D eigenvalue weighted by molar-refractivity contribution is 0.315. The van der Waals surface area contributed by atoms with E-state index in [1.54, 1.807) is 18.5 Å². The van der Waals surface area contributed by atoms with Gasteiger partial charge in [0.25, 0.3) is 0 Å². The van der Waals surface area contributed by atoms with Gasteiger partial charge in [-0.25, -0.2) is 4.39 Å². The zero-order valence-electron chi connectivity index (χ0n) is 13.1. The van der Waals surface area contributed by atoms with Crippen LogP contribution in [0.5, 0.6) is 0 Å². The molecule has 1 fully saturated rings. The SMILES string of the molecule is Fc1ccccc1CN1CCC(c2nnc(-c3ccncc3)o2)C1. The molecule has 6 heteroatoms. The molecule has 2 aromatic heterocycles. The summed E-state index contributed by atoms with van der Waals surface area (Å²) in [6, 6.07) is 10.6. The molecule has 1 saturated heterocycles. The quantitative estimate of drug-likeness (QED) is 0.737. The van der Waals surface area contributed by atoms with E-state index in [-0.39, 0.29) is 11.7 Å². The fourth-order valence-electron chi connectivity index (χ4n) is 3.06. The Morgan fingerprint density at radius 3 is 2.79 bits per heavy atom. The van der Waals surface area contributed by atoms with Crippen LogP contribution in [0.2, 0.25) is 0 Å². The first-order chi connectivity index (χ1) is 11.8. The summed E-state index contributed by atoms with van der Waals surface area (Å²) in [5, 5.41) is 8.33. The van der Waals surface area contributed by atoms with Crippen molar-refractivity contribution in [2.45, 2.75) is 18.9 Å². The predicted octanol–water partition coefficient (Wildman–Crippen LogP) is 3.26. The van der Waals surface area contributed by atoms with E-state index < -0.39 is 0 Å². The first-order valence-electron chi connectivity index (χ1n) is 7.99. The smallest absolute Gasteiger partial charge is 0.247 e. The maximum absolute atomic E-state index is 13.8. The summed E-state index contributed by atoms with van der Waals surface area (Å²) in [7, 11) is 0. The summed E-state index contributed by atoms with van der Waals surface area (Å²) in [6.45, 7) is 2.30. The fraction of sp³-hybridized carbons (Fsp3) is 0.278. The monoisotopic (exact) mass is 324 g/mol. The molecule has 122 valence electrons. The first kappa shape index (κ1) is 15.0. The molecule has 0 saturated carbocycles. The molecule has 0 aliphatic carbocycles. The normalized spacial score (nSPS) is 18.1. The van der Waals surface area contributed by atoms with Crippen molar-refractivity contribution < 1.29 is 8.81 Å².